The molecule has 0 aliphatic heterocycles. The number of nitrogens with one attached hydrogen (secondary N) is 2. The molecule has 2 amide bonds. The highest BCUT2D eigenvalue weighted by atomic mass is 16.5. The van der Waals surface area contributed by atoms with Crippen LogP contribution < -0.4 is 15.6 Å². The van der Waals surface area contributed by atoms with Gasteiger partial charge in [0.2, 0.25) is 0 Å². The summed E-state index contributed by atoms with van der Waals surface area (Å²) in [5, 5.41) is 9.58. The summed E-state index contributed by atoms with van der Waals surface area (Å²) in [5.74, 6) is -0.887. The fourth-order valence-electron chi connectivity index (χ4n) is 2.34. The van der Waals surface area contributed by atoms with Crippen molar-refractivity contribution in [1.29, 1.82) is 0 Å². The molecule has 7 heteroatoms. The molecular weight excluding hydrogens is 334 g/mol. The number of carbonyl (C=O) groups is 2. The van der Waals surface area contributed by atoms with E-state index in [2.05, 4.69) is 10.9 Å². The molecule has 1 aromatic heterocycles. The molecule has 0 saturated carbocycles. The number of para-hydroxylation sites is 3. The maximum absolute atomic E-state index is 12.4. The third-order valence-corrected chi connectivity index (χ3v) is 3.57. The standard InChI is InChI=1S/C19H17N3O4/c23-16-9-3-4-10-17(16)26-13-18(24)20-21-19(25)14-7-1-2-8-15(14)22-11-5-6-12-22/h1-12,23H,13H2,(H,20,24)(H,21,25). The lowest BCUT2D eigenvalue weighted by Crippen LogP contribution is -2.44. The molecule has 1 heterocycles. The Morgan fingerprint density at radius 2 is 1.62 bits per heavy atom. The second kappa shape index (κ2) is 7.89. The van der Waals surface area contributed by atoms with Gasteiger partial charge >= 0.3 is 0 Å². The van der Waals surface area contributed by atoms with Crippen molar-refractivity contribution >= 4 is 11.8 Å². The number of aromatic hydroxyl groups is 1. The van der Waals surface area contributed by atoms with Gasteiger partial charge in [0.25, 0.3) is 11.8 Å². The Balaban J connectivity index is 1.58. The molecule has 0 radical (unpaired) electrons. The van der Waals surface area contributed by atoms with E-state index in [9.17, 15) is 14.7 Å². The van der Waals surface area contributed by atoms with Crippen LogP contribution in [0.2, 0.25) is 0 Å². The minimum atomic E-state index is -0.556. The van der Waals surface area contributed by atoms with E-state index in [4.69, 9.17) is 4.74 Å². The van der Waals surface area contributed by atoms with Gasteiger partial charge in [-0.25, -0.2) is 0 Å². The van der Waals surface area contributed by atoms with E-state index < -0.39 is 11.8 Å². The van der Waals surface area contributed by atoms with Crippen molar-refractivity contribution in [3.63, 3.8) is 0 Å². The van der Waals surface area contributed by atoms with E-state index in [0.717, 1.165) is 0 Å². The number of carbonyl (C=O) groups excluding carboxylic acids is 2. The molecule has 3 aromatic rings. The minimum Gasteiger partial charge on any atom is -0.504 e. The molecule has 0 unspecified atom stereocenters. The van der Waals surface area contributed by atoms with Gasteiger partial charge in [0.1, 0.15) is 0 Å². The van der Waals surface area contributed by atoms with E-state index in [1.54, 1.807) is 34.9 Å². The molecule has 3 N–H and O–H groups in total. The second-order valence-electron chi connectivity index (χ2n) is 5.37. The Morgan fingerprint density at radius 1 is 0.923 bits per heavy atom. The van der Waals surface area contributed by atoms with Gasteiger partial charge in [-0.05, 0) is 36.4 Å². The summed E-state index contributed by atoms with van der Waals surface area (Å²) in [4.78, 5) is 24.2. The molecule has 3 rings (SSSR count). The number of phenolic OH excluding ortho intramolecular Hbond substituents is 1. The topological polar surface area (TPSA) is 92.6 Å². The van der Waals surface area contributed by atoms with Crippen molar-refractivity contribution in [2.24, 2.45) is 0 Å². The third kappa shape index (κ3) is 4.02. The molecule has 2 aromatic carbocycles. The first kappa shape index (κ1) is 17.1. The van der Waals surface area contributed by atoms with E-state index in [1.165, 1.54) is 12.1 Å². The molecule has 0 atom stereocenters. The number of rotatable bonds is 5. The smallest absolute Gasteiger partial charge is 0.276 e. The van der Waals surface area contributed by atoms with Crippen LogP contribution in [0.1, 0.15) is 10.4 Å². The Hall–Kier alpha value is -3.74. The lowest BCUT2D eigenvalue weighted by Gasteiger charge is -2.12. The highest BCUT2D eigenvalue weighted by molar-refractivity contribution is 5.98. The van der Waals surface area contributed by atoms with Crippen molar-refractivity contribution in [2.45, 2.75) is 0 Å². The fraction of sp³-hybridized carbons (Fsp3) is 0.0526. The predicted octanol–water partition coefficient (Wildman–Crippen LogP) is 2.02. The fourth-order valence-corrected chi connectivity index (χ4v) is 2.34. The van der Waals surface area contributed by atoms with Crippen LogP contribution in [0, 0.1) is 0 Å². The number of nitrogens with zero attached hydrogens (tertiary/aromatic N) is 1. The van der Waals surface area contributed by atoms with Gasteiger partial charge in [0, 0.05) is 12.4 Å². The minimum absolute atomic E-state index is 0.0648. The summed E-state index contributed by atoms with van der Waals surface area (Å²) in [5.41, 5.74) is 5.74. The lowest BCUT2D eigenvalue weighted by molar-refractivity contribution is -0.123. The number of benzene rings is 2. The van der Waals surface area contributed by atoms with Crippen LogP contribution in [0.4, 0.5) is 0 Å². The highest BCUT2D eigenvalue weighted by Crippen LogP contribution is 2.23. The first-order chi connectivity index (χ1) is 12.6. The molecule has 0 spiro atoms. The van der Waals surface area contributed by atoms with Gasteiger partial charge in [0.05, 0.1) is 11.3 Å². The first-order valence-electron chi connectivity index (χ1n) is 7.87. The van der Waals surface area contributed by atoms with E-state index in [1.807, 2.05) is 30.6 Å². The molecule has 26 heavy (non-hydrogen) atoms. The van der Waals surface area contributed by atoms with Gasteiger partial charge in [-0.2, -0.15) is 0 Å². The highest BCUT2D eigenvalue weighted by Gasteiger charge is 2.13. The monoisotopic (exact) mass is 351 g/mol. The first-order valence-corrected chi connectivity index (χ1v) is 7.87. The molecular formula is C19H17N3O4. The SMILES string of the molecule is O=C(COc1ccccc1O)NNC(=O)c1ccccc1-n1cccc1. The molecule has 0 fully saturated rings. The number of hydrazine groups is 1. The van der Waals surface area contributed by atoms with E-state index in [-0.39, 0.29) is 18.1 Å². The van der Waals surface area contributed by atoms with Crippen molar-refractivity contribution in [2.75, 3.05) is 6.61 Å². The number of hydrogen-bond donors (Lipinski definition) is 3. The molecule has 0 bridgehead atoms. The van der Waals surface area contributed by atoms with Gasteiger partial charge in [-0.3, -0.25) is 20.4 Å². The number of amides is 2. The van der Waals surface area contributed by atoms with Crippen LogP contribution in [0.15, 0.2) is 73.1 Å². The van der Waals surface area contributed by atoms with Crippen LogP contribution in [0.3, 0.4) is 0 Å². The van der Waals surface area contributed by atoms with Gasteiger partial charge in [-0.15, -0.1) is 0 Å². The zero-order valence-electron chi connectivity index (χ0n) is 13.8. The number of ether oxygens (including phenoxy) is 1. The summed E-state index contributed by atoms with van der Waals surface area (Å²) < 4.78 is 7.01. The Labute approximate surface area is 149 Å². The second-order valence-corrected chi connectivity index (χ2v) is 5.37. The lowest BCUT2D eigenvalue weighted by atomic mass is 10.1. The Bertz CT molecular complexity index is 907. The zero-order chi connectivity index (χ0) is 18.4. The third-order valence-electron chi connectivity index (χ3n) is 3.57. The predicted molar refractivity (Wildman–Crippen MR) is 95.0 cm³/mol. The Kier molecular flexibility index (Phi) is 5.19. The molecule has 0 aliphatic carbocycles. The van der Waals surface area contributed by atoms with Crippen LogP contribution in [0.5, 0.6) is 11.5 Å². The van der Waals surface area contributed by atoms with Gasteiger partial charge in [-0.1, -0.05) is 24.3 Å². The van der Waals surface area contributed by atoms with E-state index >= 15 is 0 Å². The summed E-state index contributed by atoms with van der Waals surface area (Å²) in [7, 11) is 0. The maximum atomic E-state index is 12.4. The number of phenols is 1. The summed E-state index contributed by atoms with van der Waals surface area (Å²) in [6.45, 7) is -0.350. The van der Waals surface area contributed by atoms with Gasteiger partial charge < -0.3 is 14.4 Å². The summed E-state index contributed by atoms with van der Waals surface area (Å²) >= 11 is 0. The van der Waals surface area contributed by atoms with Crippen LogP contribution >= 0.6 is 0 Å². The normalized spacial score (nSPS) is 10.2. The number of hydrogen-bond acceptors (Lipinski definition) is 4. The average Bonchev–Trinajstić information content (AvgIpc) is 3.20. The van der Waals surface area contributed by atoms with Crippen LogP contribution in [-0.2, 0) is 4.79 Å². The zero-order valence-corrected chi connectivity index (χ0v) is 13.8. The quantitative estimate of drug-likeness (QED) is 0.613. The molecule has 7 nitrogen and oxygen atoms in total. The van der Waals surface area contributed by atoms with E-state index in [0.29, 0.717) is 11.3 Å². The maximum Gasteiger partial charge on any atom is 0.276 e. The molecule has 0 aliphatic rings. The van der Waals surface area contributed by atoms with Crippen molar-refractivity contribution in [1.82, 2.24) is 15.4 Å². The van der Waals surface area contributed by atoms with Crippen molar-refractivity contribution in [3.8, 4) is 17.2 Å². The number of aromatic nitrogens is 1. The largest absolute Gasteiger partial charge is 0.504 e. The van der Waals surface area contributed by atoms with Crippen LogP contribution in [-0.4, -0.2) is 28.1 Å². The summed E-state index contributed by atoms with van der Waals surface area (Å²) in [6.07, 6.45) is 3.65. The Morgan fingerprint density at radius 3 is 2.38 bits per heavy atom. The van der Waals surface area contributed by atoms with Gasteiger partial charge in [0.15, 0.2) is 18.1 Å². The van der Waals surface area contributed by atoms with Crippen molar-refractivity contribution in [3.05, 3.63) is 78.6 Å². The van der Waals surface area contributed by atoms with Crippen molar-refractivity contribution < 1.29 is 19.4 Å². The molecule has 0 saturated heterocycles. The average molecular weight is 351 g/mol. The van der Waals surface area contributed by atoms with Crippen LogP contribution in [0.25, 0.3) is 5.69 Å². The molecule has 132 valence electrons. The summed E-state index contributed by atoms with van der Waals surface area (Å²) in [6, 6.07) is 17.0.